The van der Waals surface area contributed by atoms with Crippen LogP contribution in [0.25, 0.3) is 0 Å². The van der Waals surface area contributed by atoms with E-state index in [2.05, 4.69) is 19.2 Å². The topological polar surface area (TPSA) is 107 Å². The summed E-state index contributed by atoms with van der Waals surface area (Å²) in [6.45, 7) is 12.2. The number of amides is 3. The lowest BCUT2D eigenvalue weighted by Crippen LogP contribution is -2.53. The first-order valence-electron chi connectivity index (χ1n) is 15.3. The summed E-state index contributed by atoms with van der Waals surface area (Å²) >= 11 is 0. The molecular weight excluding hydrogens is 538 g/mol. The third-order valence-corrected chi connectivity index (χ3v) is 7.40. The van der Waals surface area contributed by atoms with Gasteiger partial charge < -0.3 is 34.1 Å². The van der Waals surface area contributed by atoms with Crippen molar-refractivity contribution in [2.24, 2.45) is 17.8 Å². The Morgan fingerprint density at radius 2 is 1.71 bits per heavy atom. The number of nitrogens with one attached hydrogen (secondary N) is 1. The molecule has 236 valence electrons. The van der Waals surface area contributed by atoms with Gasteiger partial charge in [-0.15, -0.1) is 0 Å². The molecule has 2 aliphatic rings. The lowest BCUT2D eigenvalue weighted by molar-refractivity contribution is -0.140. The van der Waals surface area contributed by atoms with Crippen molar-refractivity contribution in [3.05, 3.63) is 23.8 Å². The van der Waals surface area contributed by atoms with Crippen LogP contribution in [-0.4, -0.2) is 86.4 Å². The van der Waals surface area contributed by atoms with Gasteiger partial charge in [0.25, 0.3) is 0 Å². The summed E-state index contributed by atoms with van der Waals surface area (Å²) in [5, 5.41) is 3.02. The molecule has 1 N–H and O–H groups in total. The Kier molecular flexibility index (Phi) is 12.3. The van der Waals surface area contributed by atoms with Gasteiger partial charge in [-0.05, 0) is 70.1 Å². The van der Waals surface area contributed by atoms with Crippen molar-refractivity contribution in [1.29, 1.82) is 0 Å². The molecule has 1 saturated heterocycles. The Labute approximate surface area is 251 Å². The molecule has 3 rings (SSSR count). The molecule has 10 heteroatoms. The Morgan fingerprint density at radius 1 is 1.02 bits per heavy atom. The minimum absolute atomic E-state index is 0.0453. The fraction of sp³-hybridized carbons (Fsp3) is 0.719. The van der Waals surface area contributed by atoms with E-state index in [0.717, 1.165) is 31.2 Å². The molecule has 0 radical (unpaired) electrons. The Morgan fingerprint density at radius 3 is 2.33 bits per heavy atom. The maximum atomic E-state index is 14.1. The van der Waals surface area contributed by atoms with Gasteiger partial charge in [0.1, 0.15) is 17.1 Å². The fourth-order valence-corrected chi connectivity index (χ4v) is 5.09. The highest BCUT2D eigenvalue weighted by Crippen LogP contribution is 2.34. The zero-order valence-corrected chi connectivity index (χ0v) is 26.6. The van der Waals surface area contributed by atoms with E-state index in [-0.39, 0.29) is 30.9 Å². The molecule has 10 nitrogen and oxygen atoms in total. The minimum atomic E-state index is -0.682. The zero-order valence-electron chi connectivity index (χ0n) is 26.6. The van der Waals surface area contributed by atoms with Gasteiger partial charge in [-0.25, -0.2) is 4.79 Å². The van der Waals surface area contributed by atoms with Crippen LogP contribution in [0.15, 0.2) is 18.2 Å². The third kappa shape index (κ3) is 10.7. The van der Waals surface area contributed by atoms with Crippen LogP contribution in [0.3, 0.4) is 0 Å². The molecule has 0 unspecified atom stereocenters. The zero-order chi connectivity index (χ0) is 30.9. The molecule has 42 heavy (non-hydrogen) atoms. The maximum absolute atomic E-state index is 14.1. The molecule has 0 bridgehead atoms. The van der Waals surface area contributed by atoms with Gasteiger partial charge in [-0.1, -0.05) is 13.8 Å². The van der Waals surface area contributed by atoms with Crippen LogP contribution >= 0.6 is 0 Å². The molecule has 1 aliphatic carbocycles. The second-order valence-corrected chi connectivity index (χ2v) is 12.9. The van der Waals surface area contributed by atoms with Crippen LogP contribution < -0.4 is 14.8 Å². The normalized spacial score (nSPS) is 18.9. The predicted octanol–water partition coefficient (Wildman–Crippen LogP) is 4.64. The van der Waals surface area contributed by atoms with Gasteiger partial charge in [0, 0.05) is 58.4 Å². The average Bonchev–Trinajstić information content (AvgIpc) is 3.77. The Balaban J connectivity index is 1.78. The van der Waals surface area contributed by atoms with Gasteiger partial charge in [-0.3, -0.25) is 9.59 Å². The number of nitrogens with zero attached hydrogens (tertiary/aromatic N) is 2. The van der Waals surface area contributed by atoms with Crippen LogP contribution in [0.5, 0.6) is 11.5 Å². The number of rotatable bonds is 14. The van der Waals surface area contributed by atoms with E-state index in [4.69, 9.17) is 18.9 Å². The highest BCUT2D eigenvalue weighted by Gasteiger charge is 2.42. The van der Waals surface area contributed by atoms with E-state index in [1.165, 1.54) is 4.90 Å². The predicted molar refractivity (Wildman–Crippen MR) is 160 cm³/mol. The SMILES string of the molecule is COCCCOc1cc(CN(C(=O)[C@H]2C[C@@H](C(=O)NCCC(C)C)CN(C(=O)OC(C)(C)C)C2)C2CC2)cc(OC)c1. The van der Waals surface area contributed by atoms with Crippen LogP contribution in [-0.2, 0) is 25.6 Å². The first-order valence-corrected chi connectivity index (χ1v) is 15.3. The van der Waals surface area contributed by atoms with Crippen molar-refractivity contribution in [3.8, 4) is 11.5 Å². The standard InChI is InChI=1S/C32H51N3O7/c1-22(2)11-12-33-29(36)24-17-25(21-34(20-24)31(38)42-32(3,4)5)30(37)35(26-9-10-26)19-23-15-27(40-7)18-28(16-23)41-14-8-13-39-6/h15-16,18,22,24-26H,8-14,17,19-21H2,1-7H3,(H,33,36)/t24-,25+/m1/s1. The summed E-state index contributed by atoms with van der Waals surface area (Å²) < 4.78 is 22.2. The number of likely N-dealkylation sites (tertiary alicyclic amines) is 1. The maximum Gasteiger partial charge on any atom is 0.410 e. The number of ether oxygens (including phenoxy) is 4. The second kappa shape index (κ2) is 15.5. The monoisotopic (exact) mass is 589 g/mol. The number of benzene rings is 1. The van der Waals surface area contributed by atoms with Crippen molar-refractivity contribution >= 4 is 17.9 Å². The molecule has 2 fully saturated rings. The lowest BCUT2D eigenvalue weighted by Gasteiger charge is -2.39. The molecular formula is C32H51N3O7. The van der Waals surface area contributed by atoms with E-state index in [0.29, 0.717) is 50.1 Å². The lowest BCUT2D eigenvalue weighted by atomic mass is 9.87. The molecule has 1 saturated carbocycles. The number of methoxy groups -OCH3 is 2. The summed E-state index contributed by atoms with van der Waals surface area (Å²) in [6.07, 6.45) is 3.37. The fourth-order valence-electron chi connectivity index (χ4n) is 5.09. The van der Waals surface area contributed by atoms with Gasteiger partial charge in [0.05, 0.1) is 25.6 Å². The summed E-state index contributed by atoms with van der Waals surface area (Å²) in [5.74, 6) is 0.628. The molecule has 2 atom stereocenters. The molecule has 0 spiro atoms. The van der Waals surface area contributed by atoms with Crippen LogP contribution in [0, 0.1) is 17.8 Å². The van der Waals surface area contributed by atoms with Gasteiger partial charge in [0.15, 0.2) is 0 Å². The van der Waals surface area contributed by atoms with Gasteiger partial charge in [0.2, 0.25) is 11.8 Å². The number of piperidine rings is 1. The van der Waals surface area contributed by atoms with E-state index in [1.54, 1.807) is 14.2 Å². The number of hydrogen-bond donors (Lipinski definition) is 1. The second-order valence-electron chi connectivity index (χ2n) is 12.9. The summed E-state index contributed by atoms with van der Waals surface area (Å²) in [5.41, 5.74) is 0.220. The molecule has 1 aromatic carbocycles. The Hall–Kier alpha value is -3.01. The van der Waals surface area contributed by atoms with Crippen LogP contribution in [0.1, 0.15) is 72.3 Å². The smallest absolute Gasteiger partial charge is 0.410 e. The van der Waals surface area contributed by atoms with E-state index in [9.17, 15) is 14.4 Å². The first kappa shape index (κ1) is 33.5. The number of hydrogen-bond acceptors (Lipinski definition) is 7. The van der Waals surface area contributed by atoms with Crippen molar-refractivity contribution < 1.29 is 33.3 Å². The summed E-state index contributed by atoms with van der Waals surface area (Å²) in [7, 11) is 3.27. The molecule has 0 aromatic heterocycles. The van der Waals surface area contributed by atoms with E-state index in [1.807, 2.05) is 43.9 Å². The molecule has 1 aliphatic heterocycles. The summed E-state index contributed by atoms with van der Waals surface area (Å²) in [6, 6.07) is 5.83. The molecule has 1 aromatic rings. The first-order chi connectivity index (χ1) is 19.9. The van der Waals surface area contributed by atoms with Gasteiger partial charge in [-0.2, -0.15) is 0 Å². The van der Waals surface area contributed by atoms with Crippen LogP contribution in [0.4, 0.5) is 4.79 Å². The number of carbonyl (C=O) groups is 3. The Bertz CT molecular complexity index is 1050. The quantitative estimate of drug-likeness (QED) is 0.315. The third-order valence-electron chi connectivity index (χ3n) is 7.40. The number of carbonyl (C=O) groups excluding carboxylic acids is 3. The van der Waals surface area contributed by atoms with E-state index >= 15 is 0 Å². The van der Waals surface area contributed by atoms with Gasteiger partial charge >= 0.3 is 6.09 Å². The highest BCUT2D eigenvalue weighted by atomic mass is 16.6. The largest absolute Gasteiger partial charge is 0.497 e. The molecule has 1 heterocycles. The van der Waals surface area contributed by atoms with Crippen molar-refractivity contribution in [2.45, 2.75) is 84.9 Å². The van der Waals surface area contributed by atoms with Crippen molar-refractivity contribution in [3.63, 3.8) is 0 Å². The van der Waals surface area contributed by atoms with Crippen LogP contribution in [0.2, 0.25) is 0 Å². The average molecular weight is 590 g/mol. The van der Waals surface area contributed by atoms with Crippen molar-refractivity contribution in [1.82, 2.24) is 15.1 Å². The molecule has 3 amide bonds. The summed E-state index contributed by atoms with van der Waals surface area (Å²) in [4.78, 5) is 43.9. The minimum Gasteiger partial charge on any atom is -0.497 e. The van der Waals surface area contributed by atoms with E-state index < -0.39 is 23.5 Å². The van der Waals surface area contributed by atoms with Crippen molar-refractivity contribution in [2.75, 3.05) is 47.1 Å². The highest BCUT2D eigenvalue weighted by molar-refractivity contribution is 5.84.